The first-order valence-electron chi connectivity index (χ1n) is 11.1. The molecule has 5 rings (SSSR count). The predicted octanol–water partition coefficient (Wildman–Crippen LogP) is 5.83. The van der Waals surface area contributed by atoms with Crippen molar-refractivity contribution in [3.05, 3.63) is 83.9 Å². The van der Waals surface area contributed by atoms with Crippen LogP contribution in [0.3, 0.4) is 0 Å². The number of halogens is 2. The van der Waals surface area contributed by atoms with E-state index in [2.05, 4.69) is 15.2 Å². The van der Waals surface area contributed by atoms with Gasteiger partial charge >= 0.3 is 12.6 Å². The number of hydrogen-bond acceptors (Lipinski definition) is 5. The van der Waals surface area contributed by atoms with E-state index in [1.54, 1.807) is 30.3 Å². The molecule has 0 bridgehead atoms. The van der Waals surface area contributed by atoms with Crippen molar-refractivity contribution in [1.29, 1.82) is 0 Å². The quantitative estimate of drug-likeness (QED) is 0.500. The zero-order valence-corrected chi connectivity index (χ0v) is 19.1. The number of nitrogens with one attached hydrogen (secondary N) is 1. The molecule has 3 aromatic carbocycles. The van der Waals surface area contributed by atoms with Crippen LogP contribution in [0.1, 0.15) is 30.9 Å². The van der Waals surface area contributed by atoms with E-state index in [9.17, 15) is 13.6 Å². The monoisotopic (exact) mass is 479 g/mol. The summed E-state index contributed by atoms with van der Waals surface area (Å²) in [4.78, 5) is 13.1. The highest BCUT2D eigenvalue weighted by atomic mass is 19.3. The van der Waals surface area contributed by atoms with E-state index in [1.165, 1.54) is 17.1 Å². The Morgan fingerprint density at radius 3 is 2.49 bits per heavy atom. The molecule has 2 amide bonds. The van der Waals surface area contributed by atoms with Crippen LogP contribution < -0.4 is 19.5 Å². The van der Waals surface area contributed by atoms with Crippen LogP contribution in [0.2, 0.25) is 0 Å². The fraction of sp³-hybridized carbons (Fsp3) is 0.231. The number of urea groups is 1. The van der Waals surface area contributed by atoms with Crippen molar-refractivity contribution in [2.24, 2.45) is 5.10 Å². The second-order valence-electron chi connectivity index (χ2n) is 8.63. The highest BCUT2D eigenvalue weighted by molar-refractivity contribution is 6.08. The summed E-state index contributed by atoms with van der Waals surface area (Å²) >= 11 is 0. The molecule has 35 heavy (non-hydrogen) atoms. The summed E-state index contributed by atoms with van der Waals surface area (Å²) in [5.41, 5.74) is 2.90. The van der Waals surface area contributed by atoms with Gasteiger partial charge in [-0.1, -0.05) is 30.3 Å². The van der Waals surface area contributed by atoms with Crippen LogP contribution in [0.25, 0.3) is 0 Å². The average Bonchev–Trinajstić information content (AvgIpc) is 3.39. The lowest BCUT2D eigenvalue weighted by atomic mass is 9.90. The number of anilines is 1. The molecule has 0 spiro atoms. The second kappa shape index (κ2) is 8.90. The summed E-state index contributed by atoms with van der Waals surface area (Å²) in [5, 5.41) is 8.81. The first kappa shape index (κ1) is 22.6. The molecule has 1 N–H and O–H groups in total. The number of carbonyl (C=O) groups is 1. The molecule has 2 aliphatic rings. The van der Waals surface area contributed by atoms with E-state index in [-0.39, 0.29) is 11.7 Å². The van der Waals surface area contributed by atoms with E-state index < -0.39 is 18.4 Å². The first-order chi connectivity index (χ1) is 16.8. The predicted molar refractivity (Wildman–Crippen MR) is 126 cm³/mol. The lowest BCUT2D eigenvalue weighted by molar-refractivity contribution is -0.0499. The number of carbonyl (C=O) groups excluding carboxylic acids is 1. The maximum Gasteiger partial charge on any atom is 0.387 e. The van der Waals surface area contributed by atoms with Crippen LogP contribution in [0.5, 0.6) is 17.2 Å². The maximum atomic E-state index is 13.1. The van der Waals surface area contributed by atoms with Crippen molar-refractivity contribution < 1.29 is 27.8 Å². The minimum absolute atomic E-state index is 0.0548. The van der Waals surface area contributed by atoms with E-state index in [1.807, 2.05) is 44.2 Å². The van der Waals surface area contributed by atoms with Gasteiger partial charge in [-0.15, -0.1) is 0 Å². The summed E-state index contributed by atoms with van der Waals surface area (Å²) in [5.74, 6) is 0.253. The Bertz CT molecular complexity index is 1260. The summed E-state index contributed by atoms with van der Waals surface area (Å²) in [7, 11) is 0. The van der Waals surface area contributed by atoms with Crippen LogP contribution in [0.4, 0.5) is 19.3 Å². The topological polar surface area (TPSA) is 72.4 Å². The third kappa shape index (κ3) is 4.89. The van der Waals surface area contributed by atoms with Gasteiger partial charge in [-0.05, 0) is 47.5 Å². The third-order valence-electron chi connectivity index (χ3n) is 5.63. The van der Waals surface area contributed by atoms with E-state index in [0.717, 1.165) is 5.56 Å². The first-order valence-corrected chi connectivity index (χ1v) is 11.1. The SMILES string of the molecule is CC1(C)Oc2ccc(NC(=O)N3CC(c4ccccc4)C(c4ccc(OC(F)F)cc4)=N3)cc2O1. The summed E-state index contributed by atoms with van der Waals surface area (Å²) in [6.45, 7) is 1.03. The van der Waals surface area contributed by atoms with Gasteiger partial charge in [-0.3, -0.25) is 0 Å². The minimum atomic E-state index is -2.90. The van der Waals surface area contributed by atoms with Gasteiger partial charge in [0.15, 0.2) is 11.5 Å². The number of hydrazone groups is 1. The van der Waals surface area contributed by atoms with E-state index in [4.69, 9.17) is 9.47 Å². The molecule has 0 saturated carbocycles. The lowest BCUT2D eigenvalue weighted by Gasteiger charge is -2.16. The number of nitrogens with zero attached hydrogens (tertiary/aromatic N) is 2. The number of rotatable bonds is 5. The van der Waals surface area contributed by atoms with Crippen LogP contribution in [-0.4, -0.2) is 35.7 Å². The molecule has 2 aliphatic heterocycles. The molecule has 0 fully saturated rings. The van der Waals surface area contributed by atoms with Gasteiger partial charge in [-0.25, -0.2) is 9.80 Å². The highest BCUT2D eigenvalue weighted by Gasteiger charge is 2.34. The Balaban J connectivity index is 1.38. The van der Waals surface area contributed by atoms with Gasteiger partial charge in [0.25, 0.3) is 0 Å². The molecule has 180 valence electrons. The van der Waals surface area contributed by atoms with Crippen molar-refractivity contribution in [2.75, 3.05) is 11.9 Å². The number of benzene rings is 3. The Morgan fingerprint density at radius 1 is 1.06 bits per heavy atom. The Kier molecular flexibility index (Phi) is 5.76. The van der Waals surface area contributed by atoms with Gasteiger partial charge in [0.1, 0.15) is 5.75 Å². The molecule has 7 nitrogen and oxygen atoms in total. The molecule has 0 radical (unpaired) electrons. The molecule has 0 aliphatic carbocycles. The largest absolute Gasteiger partial charge is 0.449 e. The average molecular weight is 479 g/mol. The van der Waals surface area contributed by atoms with Crippen LogP contribution in [0.15, 0.2) is 77.9 Å². The number of hydrogen-bond donors (Lipinski definition) is 1. The molecular formula is C26H23F2N3O4. The molecule has 2 heterocycles. The fourth-order valence-corrected chi connectivity index (χ4v) is 4.13. The molecular weight excluding hydrogens is 456 g/mol. The summed E-state index contributed by atoms with van der Waals surface area (Å²) in [6, 6.07) is 20.7. The lowest BCUT2D eigenvalue weighted by Crippen LogP contribution is -2.30. The zero-order valence-electron chi connectivity index (χ0n) is 19.1. The standard InChI is InChI=1S/C26H23F2N3O4/c1-26(2)34-21-13-10-18(14-22(21)35-26)29-25(32)31-15-20(16-6-4-3-5-7-16)23(30-31)17-8-11-19(12-9-17)33-24(27)28/h3-14,20,24H,15H2,1-2H3,(H,29,32). The van der Waals surface area contributed by atoms with Gasteiger partial charge in [-0.2, -0.15) is 13.9 Å². The molecule has 9 heteroatoms. The summed E-state index contributed by atoms with van der Waals surface area (Å²) in [6.07, 6.45) is 0. The van der Waals surface area contributed by atoms with Gasteiger partial charge in [0.2, 0.25) is 5.79 Å². The molecule has 0 aromatic heterocycles. The van der Waals surface area contributed by atoms with Crippen molar-refractivity contribution in [2.45, 2.75) is 32.2 Å². The van der Waals surface area contributed by atoms with Crippen molar-refractivity contribution in [3.63, 3.8) is 0 Å². The van der Waals surface area contributed by atoms with Gasteiger partial charge < -0.3 is 19.5 Å². The fourth-order valence-electron chi connectivity index (χ4n) is 4.13. The van der Waals surface area contributed by atoms with Crippen molar-refractivity contribution in [3.8, 4) is 17.2 Å². The third-order valence-corrected chi connectivity index (χ3v) is 5.63. The van der Waals surface area contributed by atoms with E-state index >= 15 is 0 Å². The molecule has 3 aromatic rings. The van der Waals surface area contributed by atoms with Crippen LogP contribution in [0, 0.1) is 0 Å². The van der Waals surface area contributed by atoms with E-state index in [0.29, 0.717) is 35.0 Å². The molecule has 1 unspecified atom stereocenters. The van der Waals surface area contributed by atoms with Gasteiger partial charge in [0.05, 0.1) is 12.3 Å². The smallest absolute Gasteiger partial charge is 0.387 e. The Hall–Kier alpha value is -4.14. The highest BCUT2D eigenvalue weighted by Crippen LogP contribution is 2.41. The van der Waals surface area contributed by atoms with Gasteiger partial charge in [0, 0.05) is 31.5 Å². The summed E-state index contributed by atoms with van der Waals surface area (Å²) < 4.78 is 40.9. The number of alkyl halides is 2. The zero-order chi connectivity index (χ0) is 24.6. The Labute approximate surface area is 200 Å². The van der Waals surface area contributed by atoms with Crippen LogP contribution >= 0.6 is 0 Å². The normalized spacial score (nSPS) is 17.9. The van der Waals surface area contributed by atoms with Crippen LogP contribution in [-0.2, 0) is 0 Å². The second-order valence-corrected chi connectivity index (χ2v) is 8.63. The number of fused-ring (bicyclic) bond motifs is 1. The Morgan fingerprint density at radius 2 is 1.77 bits per heavy atom. The number of ether oxygens (including phenoxy) is 3. The van der Waals surface area contributed by atoms with Crippen molar-refractivity contribution in [1.82, 2.24) is 5.01 Å². The maximum absolute atomic E-state index is 13.1. The minimum Gasteiger partial charge on any atom is -0.449 e. The van der Waals surface area contributed by atoms with Crippen molar-refractivity contribution >= 4 is 17.4 Å². The molecule has 1 atom stereocenters. The number of amides is 2. The molecule has 0 saturated heterocycles.